The molecule has 0 heterocycles. The molecule has 3 atom stereocenters. The Morgan fingerprint density at radius 1 is 1.33 bits per heavy atom. The van der Waals surface area contributed by atoms with Gasteiger partial charge in [-0.1, -0.05) is 32.8 Å². The van der Waals surface area contributed by atoms with Gasteiger partial charge < -0.3 is 5.32 Å². The van der Waals surface area contributed by atoms with E-state index >= 15 is 0 Å². The van der Waals surface area contributed by atoms with E-state index in [0.717, 1.165) is 36.8 Å². The van der Waals surface area contributed by atoms with Gasteiger partial charge in [-0.2, -0.15) is 0 Å². The van der Waals surface area contributed by atoms with E-state index in [1.807, 2.05) is 0 Å². The topological polar surface area (TPSA) is 29.1 Å². The molecule has 0 bridgehead atoms. The Hall–Kier alpha value is -1.05. The van der Waals surface area contributed by atoms with Crippen molar-refractivity contribution in [2.45, 2.75) is 66.7 Å². The summed E-state index contributed by atoms with van der Waals surface area (Å²) >= 11 is 0. The molecule has 0 saturated heterocycles. The Morgan fingerprint density at radius 2 is 2.05 bits per heavy atom. The maximum atomic E-state index is 12.1. The predicted octanol–water partition coefficient (Wildman–Crippen LogP) is 4.62. The number of carbonyl (C=O) groups excluding carboxylic acids is 1. The van der Waals surface area contributed by atoms with Crippen LogP contribution in [0.15, 0.2) is 22.4 Å². The van der Waals surface area contributed by atoms with Crippen LogP contribution in [-0.2, 0) is 4.79 Å². The van der Waals surface area contributed by atoms with E-state index in [1.54, 1.807) is 6.92 Å². The van der Waals surface area contributed by atoms with E-state index in [1.165, 1.54) is 36.1 Å². The molecule has 3 unspecified atom stereocenters. The molecule has 1 saturated carbocycles. The summed E-state index contributed by atoms with van der Waals surface area (Å²) in [5.74, 6) is 2.50. The minimum atomic E-state index is 0.248. The molecular weight excluding hydrogens is 258 g/mol. The maximum absolute atomic E-state index is 12.1. The zero-order chi connectivity index (χ0) is 15.6. The summed E-state index contributed by atoms with van der Waals surface area (Å²) in [5.41, 5.74) is 5.04. The van der Waals surface area contributed by atoms with Crippen molar-refractivity contribution in [2.24, 2.45) is 17.8 Å². The summed E-state index contributed by atoms with van der Waals surface area (Å²) in [5, 5.41) is 3.67. The van der Waals surface area contributed by atoms with Crippen LogP contribution < -0.4 is 5.32 Å². The van der Waals surface area contributed by atoms with Crippen LogP contribution in [-0.4, -0.2) is 12.3 Å². The smallest absolute Gasteiger partial charge is 0.160 e. The lowest BCUT2D eigenvalue weighted by molar-refractivity contribution is -0.113. The fourth-order valence-electron chi connectivity index (χ4n) is 3.50. The second kappa shape index (κ2) is 6.81. The molecule has 1 fully saturated rings. The lowest BCUT2D eigenvalue weighted by Crippen LogP contribution is -2.19. The summed E-state index contributed by atoms with van der Waals surface area (Å²) in [7, 11) is 0. The summed E-state index contributed by atoms with van der Waals surface area (Å²) in [4.78, 5) is 12.1. The number of fused-ring (bicyclic) bond motifs is 1. The van der Waals surface area contributed by atoms with Crippen molar-refractivity contribution < 1.29 is 4.79 Å². The number of hydrogen-bond acceptors (Lipinski definition) is 2. The van der Waals surface area contributed by atoms with Crippen LogP contribution in [0.3, 0.4) is 0 Å². The largest absolute Gasteiger partial charge is 0.388 e. The van der Waals surface area contributed by atoms with Crippen LogP contribution in [0.1, 0.15) is 66.7 Å². The van der Waals surface area contributed by atoms with Gasteiger partial charge in [0.1, 0.15) is 0 Å². The number of Topliss-reactive ketones (excluding diaryl/α,β-unsaturated/α-hetero) is 1. The summed E-state index contributed by atoms with van der Waals surface area (Å²) < 4.78 is 0. The monoisotopic (exact) mass is 289 g/mol. The molecule has 0 aromatic heterocycles. The summed E-state index contributed by atoms with van der Waals surface area (Å²) in [6.45, 7) is 11.6. The third kappa shape index (κ3) is 3.59. The molecular formula is C19H31NO. The van der Waals surface area contributed by atoms with Gasteiger partial charge in [-0.25, -0.2) is 0 Å². The Bertz CT molecular complexity index is 472. The average Bonchev–Trinajstić information content (AvgIpc) is 3.13. The first kappa shape index (κ1) is 16.3. The molecule has 2 heteroatoms. The average molecular weight is 289 g/mol. The van der Waals surface area contributed by atoms with Crippen molar-refractivity contribution in [1.82, 2.24) is 5.32 Å². The highest BCUT2D eigenvalue weighted by Gasteiger charge is 2.48. The highest BCUT2D eigenvalue weighted by molar-refractivity contribution is 5.99. The van der Waals surface area contributed by atoms with Crippen LogP contribution in [0, 0.1) is 17.8 Å². The van der Waals surface area contributed by atoms with E-state index in [4.69, 9.17) is 0 Å². The molecule has 1 N–H and O–H groups in total. The van der Waals surface area contributed by atoms with Gasteiger partial charge >= 0.3 is 0 Å². The second-order valence-electron chi connectivity index (χ2n) is 6.99. The lowest BCUT2D eigenvalue weighted by atomic mass is 9.92. The zero-order valence-electron chi connectivity index (χ0n) is 14.4. The minimum absolute atomic E-state index is 0.248. The standard InChI is InChI=1S/C19H31NO/c1-6-12(3)8-9-20-17-11-15-10-16(15)19(17)18(14(5)21)13(4)7-2/h12,15-16,20H,6-11H2,1-5H3. The molecule has 0 aliphatic heterocycles. The minimum Gasteiger partial charge on any atom is -0.388 e. The first-order chi connectivity index (χ1) is 9.99. The highest BCUT2D eigenvalue weighted by atomic mass is 16.1. The lowest BCUT2D eigenvalue weighted by Gasteiger charge is -2.17. The number of allylic oxidation sites excluding steroid dienone is 4. The van der Waals surface area contributed by atoms with E-state index in [0.29, 0.717) is 5.92 Å². The first-order valence-corrected chi connectivity index (χ1v) is 8.67. The van der Waals surface area contributed by atoms with Crippen LogP contribution >= 0.6 is 0 Å². The van der Waals surface area contributed by atoms with E-state index in [9.17, 15) is 4.79 Å². The molecule has 118 valence electrons. The Labute approximate surface area is 130 Å². The molecule has 0 spiro atoms. The van der Waals surface area contributed by atoms with Crippen molar-refractivity contribution in [3.8, 4) is 0 Å². The van der Waals surface area contributed by atoms with Gasteiger partial charge in [-0.05, 0) is 62.9 Å². The van der Waals surface area contributed by atoms with Crippen LogP contribution in [0.5, 0.6) is 0 Å². The van der Waals surface area contributed by atoms with E-state index in [-0.39, 0.29) is 5.78 Å². The number of hydrogen-bond donors (Lipinski definition) is 1. The Morgan fingerprint density at radius 3 is 2.62 bits per heavy atom. The molecule has 2 aliphatic carbocycles. The van der Waals surface area contributed by atoms with Gasteiger partial charge in [-0.3, -0.25) is 4.79 Å². The van der Waals surface area contributed by atoms with Gasteiger partial charge in [0.05, 0.1) is 0 Å². The molecule has 2 nitrogen and oxygen atoms in total. The fourth-order valence-corrected chi connectivity index (χ4v) is 3.50. The molecule has 0 aromatic rings. The van der Waals surface area contributed by atoms with Crippen molar-refractivity contribution in [3.05, 3.63) is 22.4 Å². The number of rotatable bonds is 8. The predicted molar refractivity (Wildman–Crippen MR) is 89.0 cm³/mol. The SMILES string of the molecule is CCC(C)=C(C(C)=O)C1=C(NCCC(C)CC)CC2CC12. The van der Waals surface area contributed by atoms with Crippen molar-refractivity contribution >= 4 is 5.78 Å². The number of ketones is 1. The van der Waals surface area contributed by atoms with Gasteiger partial charge in [0.2, 0.25) is 0 Å². The third-order valence-corrected chi connectivity index (χ3v) is 5.34. The highest BCUT2D eigenvalue weighted by Crippen LogP contribution is 2.57. The fraction of sp³-hybridized carbons (Fsp3) is 0.737. The van der Waals surface area contributed by atoms with E-state index in [2.05, 4.69) is 33.0 Å². The van der Waals surface area contributed by atoms with Gasteiger partial charge in [0.25, 0.3) is 0 Å². The van der Waals surface area contributed by atoms with Crippen molar-refractivity contribution in [2.75, 3.05) is 6.54 Å². The first-order valence-electron chi connectivity index (χ1n) is 8.67. The van der Waals surface area contributed by atoms with Gasteiger partial charge in [0.15, 0.2) is 5.78 Å². The molecule has 0 amide bonds. The normalized spacial score (nSPS) is 26.3. The van der Waals surface area contributed by atoms with Crippen LogP contribution in [0.25, 0.3) is 0 Å². The molecule has 2 aliphatic rings. The van der Waals surface area contributed by atoms with E-state index < -0.39 is 0 Å². The molecule has 0 aromatic carbocycles. The van der Waals surface area contributed by atoms with Gasteiger partial charge in [-0.15, -0.1) is 0 Å². The summed E-state index contributed by atoms with van der Waals surface area (Å²) in [6.07, 6.45) is 5.88. The quantitative estimate of drug-likeness (QED) is 0.660. The van der Waals surface area contributed by atoms with Crippen LogP contribution in [0.2, 0.25) is 0 Å². The van der Waals surface area contributed by atoms with Crippen LogP contribution in [0.4, 0.5) is 0 Å². The molecule has 0 radical (unpaired) electrons. The number of nitrogens with one attached hydrogen (secondary N) is 1. The molecule has 21 heavy (non-hydrogen) atoms. The van der Waals surface area contributed by atoms with Crippen molar-refractivity contribution in [3.63, 3.8) is 0 Å². The van der Waals surface area contributed by atoms with Gasteiger partial charge in [0, 0.05) is 17.8 Å². The molecule has 2 rings (SSSR count). The third-order valence-electron chi connectivity index (χ3n) is 5.34. The Balaban J connectivity index is 2.16. The Kier molecular flexibility index (Phi) is 5.29. The second-order valence-corrected chi connectivity index (χ2v) is 6.99. The zero-order valence-corrected chi connectivity index (χ0v) is 14.4. The van der Waals surface area contributed by atoms with Crippen molar-refractivity contribution in [1.29, 1.82) is 0 Å². The number of carbonyl (C=O) groups is 1. The maximum Gasteiger partial charge on any atom is 0.160 e. The summed E-state index contributed by atoms with van der Waals surface area (Å²) in [6, 6.07) is 0.